The van der Waals surface area contributed by atoms with Crippen molar-refractivity contribution in [3.8, 4) is 0 Å². The molecule has 0 aliphatic carbocycles. The Kier molecular flexibility index (Phi) is 5.25. The first kappa shape index (κ1) is 20.0. The van der Waals surface area contributed by atoms with E-state index in [4.69, 9.17) is 4.74 Å². The number of benzene rings is 1. The van der Waals surface area contributed by atoms with Crippen LogP contribution in [0.1, 0.15) is 30.5 Å². The van der Waals surface area contributed by atoms with Crippen molar-refractivity contribution in [2.45, 2.75) is 33.2 Å². The molecule has 0 unspecified atom stereocenters. The second-order valence-corrected chi connectivity index (χ2v) is 8.27. The van der Waals surface area contributed by atoms with Gasteiger partial charge in [-0.2, -0.15) is 0 Å². The Morgan fingerprint density at radius 1 is 1.21 bits per heavy atom. The molecule has 1 aromatic carbocycles. The molecule has 0 radical (unpaired) electrons. The monoisotopic (exact) mass is 406 g/mol. The fraction of sp³-hybridized carbons (Fsp3) is 0.300. The number of nitrogens with one attached hydrogen (secondary N) is 1. The summed E-state index contributed by atoms with van der Waals surface area (Å²) in [5.74, 6) is -1.98. The Balaban J connectivity index is 1.88. The summed E-state index contributed by atoms with van der Waals surface area (Å²) in [6.45, 7) is 6.57. The van der Waals surface area contributed by atoms with Gasteiger partial charge in [0.05, 0.1) is 11.3 Å². The average molecular weight is 406 g/mol. The molecule has 1 N–H and O–H groups in total. The minimum Gasteiger partial charge on any atom is -0.477 e. The number of hydrogen-bond acceptors (Lipinski definition) is 4. The van der Waals surface area contributed by atoms with Gasteiger partial charge in [-0.05, 0) is 52.0 Å². The summed E-state index contributed by atoms with van der Waals surface area (Å²) in [7, 11) is 0. The Morgan fingerprint density at radius 2 is 1.93 bits per heavy atom. The molecule has 2 heterocycles. The van der Waals surface area contributed by atoms with E-state index in [0.717, 1.165) is 28.0 Å². The van der Waals surface area contributed by atoms with Crippen LogP contribution in [0.15, 0.2) is 36.1 Å². The van der Waals surface area contributed by atoms with Gasteiger partial charge in [0.1, 0.15) is 22.9 Å². The SMILES string of the molecule is CC1=C(c2ccc(C)s2)C(=O)N(C(C)(C)C(=O)Nc2cc(F)ccc2F)CO1. The molecule has 8 heteroatoms. The zero-order valence-electron chi connectivity index (χ0n) is 15.9. The Hall–Kier alpha value is -2.74. The van der Waals surface area contributed by atoms with Crippen LogP contribution in [0.2, 0.25) is 0 Å². The molecule has 0 saturated heterocycles. The highest BCUT2D eigenvalue weighted by Crippen LogP contribution is 2.34. The molecular formula is C20H20F2N2O3S. The highest BCUT2D eigenvalue weighted by atomic mass is 32.1. The van der Waals surface area contributed by atoms with Gasteiger partial charge in [0.2, 0.25) is 5.91 Å². The molecule has 5 nitrogen and oxygen atoms in total. The van der Waals surface area contributed by atoms with Crippen LogP contribution in [-0.4, -0.2) is 29.0 Å². The number of ether oxygens (including phenoxy) is 1. The summed E-state index contributed by atoms with van der Waals surface area (Å²) in [4.78, 5) is 29.0. The minimum absolute atomic E-state index is 0.120. The molecule has 2 amide bonds. The molecule has 148 valence electrons. The second kappa shape index (κ2) is 7.35. The average Bonchev–Trinajstić information content (AvgIpc) is 3.03. The van der Waals surface area contributed by atoms with Gasteiger partial charge in [0.15, 0.2) is 6.73 Å². The Labute approximate surface area is 165 Å². The van der Waals surface area contributed by atoms with Gasteiger partial charge in [0, 0.05) is 15.8 Å². The molecule has 1 aliphatic rings. The molecule has 1 aliphatic heterocycles. The number of carbonyl (C=O) groups excluding carboxylic acids is 2. The summed E-state index contributed by atoms with van der Waals surface area (Å²) in [6.07, 6.45) is 0. The number of rotatable bonds is 4. The summed E-state index contributed by atoms with van der Waals surface area (Å²) in [5, 5.41) is 2.36. The van der Waals surface area contributed by atoms with Crippen LogP contribution in [0.5, 0.6) is 0 Å². The number of carbonyl (C=O) groups is 2. The topological polar surface area (TPSA) is 58.6 Å². The highest BCUT2D eigenvalue weighted by Gasteiger charge is 2.42. The van der Waals surface area contributed by atoms with Gasteiger partial charge in [-0.15, -0.1) is 11.3 Å². The van der Waals surface area contributed by atoms with Crippen molar-refractivity contribution in [1.29, 1.82) is 0 Å². The summed E-state index contributed by atoms with van der Waals surface area (Å²) in [5.41, 5.74) is -1.26. The third kappa shape index (κ3) is 3.64. The zero-order chi connectivity index (χ0) is 20.6. The lowest BCUT2D eigenvalue weighted by atomic mass is 9.99. The Morgan fingerprint density at radius 3 is 2.57 bits per heavy atom. The quantitative estimate of drug-likeness (QED) is 0.824. The maximum Gasteiger partial charge on any atom is 0.262 e. The zero-order valence-corrected chi connectivity index (χ0v) is 16.7. The molecule has 0 saturated carbocycles. The molecule has 3 rings (SSSR count). The van der Waals surface area contributed by atoms with Gasteiger partial charge >= 0.3 is 0 Å². The molecular weight excluding hydrogens is 386 g/mol. The van der Waals surface area contributed by atoms with Crippen LogP contribution in [-0.2, 0) is 14.3 Å². The summed E-state index contributed by atoms with van der Waals surface area (Å²) < 4.78 is 32.9. The summed E-state index contributed by atoms with van der Waals surface area (Å²) in [6, 6.07) is 6.51. The van der Waals surface area contributed by atoms with E-state index in [9.17, 15) is 18.4 Å². The van der Waals surface area contributed by atoms with Crippen molar-refractivity contribution in [2.24, 2.45) is 0 Å². The highest BCUT2D eigenvalue weighted by molar-refractivity contribution is 7.13. The molecule has 1 aromatic heterocycles. The molecule has 0 fully saturated rings. The number of aryl methyl sites for hydroxylation is 1. The van der Waals surface area contributed by atoms with Crippen LogP contribution in [0, 0.1) is 18.6 Å². The Bertz CT molecular complexity index is 982. The number of thiophene rings is 1. The molecule has 0 spiro atoms. The van der Waals surface area contributed by atoms with Gasteiger partial charge in [0.25, 0.3) is 5.91 Å². The van der Waals surface area contributed by atoms with Crippen LogP contribution in [0.25, 0.3) is 5.57 Å². The van der Waals surface area contributed by atoms with Gasteiger partial charge in [-0.1, -0.05) is 0 Å². The van der Waals surface area contributed by atoms with E-state index in [0.29, 0.717) is 11.3 Å². The van der Waals surface area contributed by atoms with Gasteiger partial charge in [-0.25, -0.2) is 8.78 Å². The van der Waals surface area contributed by atoms with E-state index < -0.39 is 23.1 Å². The van der Waals surface area contributed by atoms with E-state index in [-0.39, 0.29) is 18.3 Å². The normalized spacial score (nSPS) is 14.9. The van der Waals surface area contributed by atoms with Crippen LogP contribution < -0.4 is 5.32 Å². The lowest BCUT2D eigenvalue weighted by Gasteiger charge is -2.40. The standard InChI is InChI=1S/C20H20F2N2O3S/c1-11-5-8-16(28-11)17-12(2)27-10-24(18(17)25)20(3,4)19(26)23-15-9-13(21)6-7-14(15)22/h5-9H,10H2,1-4H3,(H,23,26). The fourth-order valence-electron chi connectivity index (χ4n) is 2.83. The number of anilines is 1. The minimum atomic E-state index is -1.37. The van der Waals surface area contributed by atoms with Crippen molar-refractivity contribution in [3.05, 3.63) is 57.5 Å². The van der Waals surface area contributed by atoms with Gasteiger partial charge < -0.3 is 10.1 Å². The maximum absolute atomic E-state index is 13.9. The first-order valence-electron chi connectivity index (χ1n) is 8.60. The van der Waals surface area contributed by atoms with Crippen LogP contribution in [0.4, 0.5) is 14.5 Å². The van der Waals surface area contributed by atoms with E-state index in [1.165, 1.54) is 30.1 Å². The third-order valence-electron chi connectivity index (χ3n) is 4.62. The lowest BCUT2D eigenvalue weighted by molar-refractivity contribution is -0.147. The number of allylic oxidation sites excluding steroid dienone is 1. The number of halogens is 2. The van der Waals surface area contributed by atoms with E-state index in [2.05, 4.69) is 5.32 Å². The van der Waals surface area contributed by atoms with Crippen LogP contribution in [0.3, 0.4) is 0 Å². The van der Waals surface area contributed by atoms with Crippen molar-refractivity contribution in [2.75, 3.05) is 12.0 Å². The number of nitrogens with zero attached hydrogens (tertiary/aromatic N) is 1. The number of amides is 2. The largest absolute Gasteiger partial charge is 0.477 e. The van der Waals surface area contributed by atoms with Gasteiger partial charge in [-0.3, -0.25) is 14.5 Å². The lowest BCUT2D eigenvalue weighted by Crippen LogP contribution is -2.57. The smallest absolute Gasteiger partial charge is 0.262 e. The predicted octanol–water partition coefficient (Wildman–Crippen LogP) is 4.30. The van der Waals surface area contributed by atoms with Crippen molar-refractivity contribution < 1.29 is 23.1 Å². The fourth-order valence-corrected chi connectivity index (χ4v) is 3.78. The second-order valence-electron chi connectivity index (χ2n) is 6.99. The van der Waals surface area contributed by atoms with Crippen molar-refractivity contribution in [1.82, 2.24) is 4.90 Å². The first-order valence-corrected chi connectivity index (χ1v) is 9.42. The molecule has 0 atom stereocenters. The van der Waals surface area contributed by atoms with E-state index >= 15 is 0 Å². The molecule has 2 aromatic rings. The van der Waals surface area contributed by atoms with E-state index in [1.807, 2.05) is 19.1 Å². The maximum atomic E-state index is 13.9. The molecule has 28 heavy (non-hydrogen) atoms. The van der Waals surface area contributed by atoms with E-state index in [1.54, 1.807) is 6.92 Å². The van der Waals surface area contributed by atoms with Crippen LogP contribution >= 0.6 is 11.3 Å². The predicted molar refractivity (Wildman–Crippen MR) is 104 cm³/mol. The third-order valence-corrected chi connectivity index (χ3v) is 5.63. The van der Waals surface area contributed by atoms with Crippen molar-refractivity contribution in [3.63, 3.8) is 0 Å². The molecule has 0 bridgehead atoms. The first-order chi connectivity index (χ1) is 13.1. The summed E-state index contributed by atoms with van der Waals surface area (Å²) >= 11 is 1.45. The van der Waals surface area contributed by atoms with Crippen molar-refractivity contribution >= 4 is 34.4 Å². The number of hydrogen-bond donors (Lipinski definition) is 1.